The van der Waals surface area contributed by atoms with Gasteiger partial charge < -0.3 is 10.4 Å². The van der Waals surface area contributed by atoms with E-state index in [-0.39, 0.29) is 6.42 Å². The minimum absolute atomic E-state index is 0.0815. The molecule has 0 fully saturated rings. The fraction of sp³-hybridized carbons (Fsp3) is 0.571. The Morgan fingerprint density at radius 2 is 1.92 bits per heavy atom. The third kappa shape index (κ3) is 3.14. The Morgan fingerprint density at radius 1 is 1.42 bits per heavy atom. The summed E-state index contributed by atoms with van der Waals surface area (Å²) in [5, 5.41) is 10.4. The van der Waals surface area contributed by atoms with E-state index in [1.807, 2.05) is 5.32 Å². The van der Waals surface area contributed by atoms with E-state index in [0.29, 0.717) is 0 Å². The zero-order chi connectivity index (χ0) is 9.72. The van der Waals surface area contributed by atoms with E-state index in [1.54, 1.807) is 0 Å². The number of carboxylic acids is 1. The van der Waals surface area contributed by atoms with E-state index in [0.717, 1.165) is 0 Å². The molecule has 0 saturated heterocycles. The molecular formula is C7H11NO4. The number of nitrogens with one attached hydrogen (secondary N) is 1. The highest BCUT2D eigenvalue weighted by molar-refractivity contribution is 6.36. The van der Waals surface area contributed by atoms with E-state index in [4.69, 9.17) is 5.11 Å². The van der Waals surface area contributed by atoms with E-state index in [9.17, 15) is 14.4 Å². The summed E-state index contributed by atoms with van der Waals surface area (Å²) >= 11 is 0. The van der Waals surface area contributed by atoms with Crippen LogP contribution in [0.3, 0.4) is 0 Å². The summed E-state index contributed by atoms with van der Waals surface area (Å²) in [6.07, 6.45) is 0.0815. The molecule has 0 aromatic rings. The highest BCUT2D eigenvalue weighted by Crippen LogP contribution is 1.85. The maximum Gasteiger partial charge on any atom is 0.325 e. The van der Waals surface area contributed by atoms with Gasteiger partial charge in [-0.1, -0.05) is 6.92 Å². The van der Waals surface area contributed by atoms with Gasteiger partial charge in [-0.05, 0) is 6.92 Å². The second-order valence-corrected chi connectivity index (χ2v) is 2.31. The van der Waals surface area contributed by atoms with Crippen LogP contribution in [0.25, 0.3) is 0 Å². The summed E-state index contributed by atoms with van der Waals surface area (Å²) in [5.41, 5.74) is 0. The summed E-state index contributed by atoms with van der Waals surface area (Å²) in [6, 6.07) is -1.02. The lowest BCUT2D eigenvalue weighted by Gasteiger charge is -2.06. The minimum Gasteiger partial charge on any atom is -0.480 e. The molecule has 0 aliphatic heterocycles. The summed E-state index contributed by atoms with van der Waals surface area (Å²) in [7, 11) is 0. The molecule has 0 unspecified atom stereocenters. The first-order chi connectivity index (χ1) is 5.49. The van der Waals surface area contributed by atoms with Crippen molar-refractivity contribution in [3.8, 4) is 0 Å². The van der Waals surface area contributed by atoms with Crippen LogP contribution in [-0.4, -0.2) is 28.8 Å². The van der Waals surface area contributed by atoms with Crippen LogP contribution in [0.15, 0.2) is 0 Å². The number of amides is 1. The monoisotopic (exact) mass is 173 g/mol. The zero-order valence-corrected chi connectivity index (χ0v) is 6.96. The Morgan fingerprint density at radius 3 is 2.25 bits per heavy atom. The van der Waals surface area contributed by atoms with Crippen molar-refractivity contribution in [1.82, 2.24) is 5.32 Å². The second-order valence-electron chi connectivity index (χ2n) is 2.31. The van der Waals surface area contributed by atoms with Crippen LogP contribution in [0.5, 0.6) is 0 Å². The molecule has 0 aliphatic rings. The van der Waals surface area contributed by atoms with Crippen molar-refractivity contribution in [2.45, 2.75) is 26.3 Å². The lowest BCUT2D eigenvalue weighted by molar-refractivity contribution is -0.143. The van der Waals surface area contributed by atoms with Crippen LogP contribution in [0.2, 0.25) is 0 Å². The predicted octanol–water partition coefficient (Wildman–Crippen LogP) is -0.445. The molecule has 68 valence electrons. The number of carbonyl (C=O) groups is 3. The highest BCUT2D eigenvalue weighted by atomic mass is 16.4. The van der Waals surface area contributed by atoms with Gasteiger partial charge in [0.2, 0.25) is 5.78 Å². The Labute approximate surface area is 69.8 Å². The number of rotatable bonds is 4. The van der Waals surface area contributed by atoms with Gasteiger partial charge in [0.1, 0.15) is 6.04 Å². The molecule has 0 heterocycles. The molecule has 0 radical (unpaired) electrons. The van der Waals surface area contributed by atoms with Gasteiger partial charge >= 0.3 is 5.97 Å². The molecule has 5 nitrogen and oxygen atoms in total. The quantitative estimate of drug-likeness (QED) is 0.564. The Hall–Kier alpha value is -1.39. The molecule has 0 aromatic heterocycles. The van der Waals surface area contributed by atoms with Crippen LogP contribution < -0.4 is 5.32 Å². The van der Waals surface area contributed by atoms with Crippen molar-refractivity contribution in [2.75, 3.05) is 0 Å². The molecule has 12 heavy (non-hydrogen) atoms. The highest BCUT2D eigenvalue weighted by Gasteiger charge is 2.17. The van der Waals surface area contributed by atoms with Gasteiger partial charge in [-0.25, -0.2) is 0 Å². The molecular weight excluding hydrogens is 162 g/mol. The number of carbonyl (C=O) groups excluding carboxylic acids is 2. The fourth-order valence-electron chi connectivity index (χ4n) is 0.499. The SMILES string of the molecule is CCC(=O)C(=O)N[C@@H](C)C(=O)O. The van der Waals surface area contributed by atoms with Crippen molar-refractivity contribution in [2.24, 2.45) is 0 Å². The average Bonchev–Trinajstić information content (AvgIpc) is 2.02. The van der Waals surface area contributed by atoms with E-state index in [2.05, 4.69) is 0 Å². The first-order valence-corrected chi connectivity index (χ1v) is 3.55. The second kappa shape index (κ2) is 4.48. The van der Waals surface area contributed by atoms with Gasteiger partial charge in [-0.2, -0.15) is 0 Å². The van der Waals surface area contributed by atoms with Crippen LogP contribution >= 0.6 is 0 Å². The Kier molecular flexibility index (Phi) is 3.96. The van der Waals surface area contributed by atoms with Gasteiger partial charge in [0.15, 0.2) is 0 Å². The van der Waals surface area contributed by atoms with E-state index in [1.165, 1.54) is 13.8 Å². The summed E-state index contributed by atoms with van der Waals surface area (Å²) in [4.78, 5) is 31.6. The predicted molar refractivity (Wildman–Crippen MR) is 40.5 cm³/mol. The van der Waals surface area contributed by atoms with E-state index >= 15 is 0 Å². The molecule has 5 heteroatoms. The molecule has 0 aliphatic carbocycles. The molecule has 1 amide bonds. The lowest BCUT2D eigenvalue weighted by Crippen LogP contribution is -2.41. The maximum atomic E-state index is 10.8. The average molecular weight is 173 g/mol. The summed E-state index contributed by atoms with van der Waals surface area (Å²) in [6.45, 7) is 2.83. The minimum atomic E-state index is -1.16. The standard InChI is InChI=1S/C7H11NO4/c1-3-5(9)6(10)8-4(2)7(11)12/h4H,3H2,1-2H3,(H,8,10)(H,11,12)/t4-/m0/s1. The van der Waals surface area contributed by atoms with Crippen LogP contribution in [-0.2, 0) is 14.4 Å². The van der Waals surface area contributed by atoms with Crippen LogP contribution in [0.4, 0.5) is 0 Å². The molecule has 0 rings (SSSR count). The largest absolute Gasteiger partial charge is 0.480 e. The number of carboxylic acid groups (broad SMARTS) is 1. The van der Waals surface area contributed by atoms with Gasteiger partial charge in [-0.3, -0.25) is 14.4 Å². The smallest absolute Gasteiger partial charge is 0.325 e. The van der Waals surface area contributed by atoms with Crippen molar-refractivity contribution in [3.05, 3.63) is 0 Å². The van der Waals surface area contributed by atoms with Crippen LogP contribution in [0.1, 0.15) is 20.3 Å². The van der Waals surface area contributed by atoms with Gasteiger partial charge in [-0.15, -0.1) is 0 Å². The fourth-order valence-corrected chi connectivity index (χ4v) is 0.499. The molecule has 0 saturated carbocycles. The Balaban J connectivity index is 4.01. The summed E-state index contributed by atoms with van der Waals surface area (Å²) in [5.74, 6) is -2.61. The topological polar surface area (TPSA) is 83.5 Å². The van der Waals surface area contributed by atoms with Crippen molar-refractivity contribution >= 4 is 17.7 Å². The number of hydrogen-bond acceptors (Lipinski definition) is 3. The molecule has 0 spiro atoms. The van der Waals surface area contributed by atoms with Gasteiger partial charge in [0.25, 0.3) is 5.91 Å². The van der Waals surface area contributed by atoms with Gasteiger partial charge in [0.05, 0.1) is 0 Å². The Bertz CT molecular complexity index is 211. The van der Waals surface area contributed by atoms with Crippen LogP contribution in [0, 0.1) is 0 Å². The third-order valence-corrected chi connectivity index (χ3v) is 1.29. The van der Waals surface area contributed by atoms with Crippen molar-refractivity contribution in [1.29, 1.82) is 0 Å². The summed E-state index contributed by atoms with van der Waals surface area (Å²) < 4.78 is 0. The zero-order valence-electron chi connectivity index (χ0n) is 6.96. The molecule has 0 aromatic carbocycles. The third-order valence-electron chi connectivity index (χ3n) is 1.29. The molecule has 1 atom stereocenters. The van der Waals surface area contributed by atoms with E-state index < -0.39 is 23.7 Å². The number of ketones is 1. The van der Waals surface area contributed by atoms with Gasteiger partial charge in [0, 0.05) is 6.42 Å². The van der Waals surface area contributed by atoms with Crippen molar-refractivity contribution in [3.63, 3.8) is 0 Å². The number of aliphatic carboxylic acids is 1. The maximum absolute atomic E-state index is 10.8. The number of hydrogen-bond donors (Lipinski definition) is 2. The molecule has 0 bridgehead atoms. The van der Waals surface area contributed by atoms with Crippen molar-refractivity contribution < 1.29 is 19.5 Å². The molecule has 2 N–H and O–H groups in total. The first kappa shape index (κ1) is 10.6. The normalized spacial score (nSPS) is 11.8. The lowest BCUT2D eigenvalue weighted by atomic mass is 10.2. The number of Topliss-reactive ketones (excluding diaryl/α,β-unsaturated/α-hetero) is 1. The first-order valence-electron chi connectivity index (χ1n) is 3.55.